The molecule has 0 aliphatic carbocycles. The Labute approximate surface area is 115 Å². The van der Waals surface area contributed by atoms with Crippen LogP contribution in [0.15, 0.2) is 47.4 Å². The van der Waals surface area contributed by atoms with Crippen LogP contribution in [0.4, 0.5) is 14.5 Å². The third-order valence-corrected chi connectivity index (χ3v) is 4.06. The molecule has 0 fully saturated rings. The SMILES string of the molecule is Nc1ccc(CNS(=O)(=O)c2ccc(F)cc2F)cc1. The van der Waals surface area contributed by atoms with Gasteiger partial charge in [-0.15, -0.1) is 0 Å². The van der Waals surface area contributed by atoms with Gasteiger partial charge < -0.3 is 5.73 Å². The molecule has 0 aliphatic rings. The predicted molar refractivity (Wildman–Crippen MR) is 71.2 cm³/mol. The van der Waals surface area contributed by atoms with Crippen molar-refractivity contribution >= 4 is 15.7 Å². The molecule has 0 saturated carbocycles. The number of nitrogen functional groups attached to an aromatic ring is 1. The fourth-order valence-electron chi connectivity index (χ4n) is 1.58. The van der Waals surface area contributed by atoms with Crippen LogP contribution in [0.25, 0.3) is 0 Å². The van der Waals surface area contributed by atoms with E-state index in [0.717, 1.165) is 12.1 Å². The van der Waals surface area contributed by atoms with Gasteiger partial charge in [-0.2, -0.15) is 0 Å². The van der Waals surface area contributed by atoms with Gasteiger partial charge in [0.25, 0.3) is 0 Å². The predicted octanol–water partition coefficient (Wildman–Crippen LogP) is 2.03. The van der Waals surface area contributed by atoms with Crippen LogP contribution in [0.5, 0.6) is 0 Å². The number of hydrogen-bond donors (Lipinski definition) is 2. The van der Waals surface area contributed by atoms with Gasteiger partial charge in [0.15, 0.2) is 0 Å². The molecule has 2 aromatic carbocycles. The topological polar surface area (TPSA) is 72.2 Å². The van der Waals surface area contributed by atoms with E-state index in [1.807, 2.05) is 0 Å². The first-order chi connectivity index (χ1) is 9.38. The van der Waals surface area contributed by atoms with Gasteiger partial charge in [0.05, 0.1) is 0 Å². The van der Waals surface area contributed by atoms with Crippen LogP contribution in [0.2, 0.25) is 0 Å². The Kier molecular flexibility index (Phi) is 4.01. The molecule has 106 valence electrons. The van der Waals surface area contributed by atoms with Crippen LogP contribution < -0.4 is 10.5 Å². The molecule has 3 N–H and O–H groups in total. The molecule has 4 nitrogen and oxygen atoms in total. The number of anilines is 1. The average molecular weight is 298 g/mol. The molecule has 0 amide bonds. The summed E-state index contributed by atoms with van der Waals surface area (Å²) in [7, 11) is -4.04. The van der Waals surface area contributed by atoms with Crippen LogP contribution in [0.3, 0.4) is 0 Å². The second kappa shape index (κ2) is 5.56. The van der Waals surface area contributed by atoms with Crippen LogP contribution in [-0.2, 0) is 16.6 Å². The van der Waals surface area contributed by atoms with Crippen molar-refractivity contribution in [2.75, 3.05) is 5.73 Å². The summed E-state index contributed by atoms with van der Waals surface area (Å²) >= 11 is 0. The van der Waals surface area contributed by atoms with E-state index in [0.29, 0.717) is 17.3 Å². The molecule has 0 aromatic heterocycles. The van der Waals surface area contributed by atoms with Gasteiger partial charge in [-0.05, 0) is 29.8 Å². The first-order valence-corrected chi connectivity index (χ1v) is 7.16. The molecule has 0 heterocycles. The maximum atomic E-state index is 13.4. The van der Waals surface area contributed by atoms with E-state index in [2.05, 4.69) is 4.72 Å². The molecule has 0 bridgehead atoms. The average Bonchev–Trinajstić information content (AvgIpc) is 2.37. The highest BCUT2D eigenvalue weighted by atomic mass is 32.2. The Bertz CT molecular complexity index is 716. The minimum atomic E-state index is -4.04. The Morgan fingerprint density at radius 2 is 1.70 bits per heavy atom. The van der Waals surface area contributed by atoms with E-state index >= 15 is 0 Å². The van der Waals surface area contributed by atoms with E-state index in [1.54, 1.807) is 24.3 Å². The summed E-state index contributed by atoms with van der Waals surface area (Å²) in [5.41, 5.74) is 6.74. The summed E-state index contributed by atoms with van der Waals surface area (Å²) in [5, 5.41) is 0. The van der Waals surface area contributed by atoms with Crippen molar-refractivity contribution < 1.29 is 17.2 Å². The molecular formula is C13H12F2N2O2S. The third kappa shape index (κ3) is 3.31. The molecule has 0 aliphatic heterocycles. The number of nitrogens with one attached hydrogen (secondary N) is 1. The normalized spacial score (nSPS) is 11.5. The van der Waals surface area contributed by atoms with E-state index in [1.165, 1.54) is 0 Å². The summed E-state index contributed by atoms with van der Waals surface area (Å²) in [6.45, 7) is -0.0145. The zero-order valence-corrected chi connectivity index (χ0v) is 11.1. The zero-order valence-electron chi connectivity index (χ0n) is 10.3. The molecule has 0 saturated heterocycles. The first kappa shape index (κ1) is 14.4. The van der Waals surface area contributed by atoms with Gasteiger partial charge in [-0.25, -0.2) is 21.9 Å². The molecule has 0 spiro atoms. The van der Waals surface area contributed by atoms with Gasteiger partial charge in [0, 0.05) is 18.3 Å². The van der Waals surface area contributed by atoms with Gasteiger partial charge in [-0.1, -0.05) is 12.1 Å². The highest BCUT2D eigenvalue weighted by Crippen LogP contribution is 2.16. The van der Waals surface area contributed by atoms with Crippen molar-refractivity contribution in [2.45, 2.75) is 11.4 Å². The summed E-state index contributed by atoms with van der Waals surface area (Å²) < 4.78 is 52.3. The monoisotopic (exact) mass is 298 g/mol. The molecule has 20 heavy (non-hydrogen) atoms. The van der Waals surface area contributed by atoms with E-state index in [4.69, 9.17) is 5.73 Å². The number of hydrogen-bond acceptors (Lipinski definition) is 3. The van der Waals surface area contributed by atoms with Crippen LogP contribution in [0.1, 0.15) is 5.56 Å². The molecule has 7 heteroatoms. The summed E-state index contributed by atoms with van der Waals surface area (Å²) in [6, 6.07) is 8.86. The van der Waals surface area contributed by atoms with Crippen LogP contribution in [0, 0.1) is 11.6 Å². The van der Waals surface area contributed by atoms with E-state index in [9.17, 15) is 17.2 Å². The maximum absolute atomic E-state index is 13.4. The minimum absolute atomic E-state index is 0.0145. The van der Waals surface area contributed by atoms with Crippen molar-refractivity contribution in [2.24, 2.45) is 0 Å². The van der Waals surface area contributed by atoms with Crippen molar-refractivity contribution in [3.05, 3.63) is 59.7 Å². The zero-order chi connectivity index (χ0) is 14.8. The Morgan fingerprint density at radius 1 is 1.05 bits per heavy atom. The Balaban J connectivity index is 2.17. The molecular weight excluding hydrogens is 286 g/mol. The standard InChI is InChI=1S/C13H12F2N2O2S/c14-10-3-6-13(12(15)7-10)20(18,19)17-8-9-1-4-11(16)5-2-9/h1-7,17H,8,16H2. The molecule has 0 radical (unpaired) electrons. The second-order valence-corrected chi connectivity index (χ2v) is 5.88. The van der Waals surface area contributed by atoms with Crippen molar-refractivity contribution in [3.8, 4) is 0 Å². The van der Waals surface area contributed by atoms with Gasteiger partial charge >= 0.3 is 0 Å². The number of halogens is 2. The van der Waals surface area contributed by atoms with E-state index < -0.39 is 26.6 Å². The second-order valence-electron chi connectivity index (χ2n) is 4.14. The van der Waals surface area contributed by atoms with Crippen LogP contribution in [-0.4, -0.2) is 8.42 Å². The quantitative estimate of drug-likeness (QED) is 0.848. The Hall–Kier alpha value is -1.99. The van der Waals surface area contributed by atoms with Gasteiger partial charge in [0.1, 0.15) is 16.5 Å². The highest BCUT2D eigenvalue weighted by molar-refractivity contribution is 7.89. The van der Waals surface area contributed by atoms with Gasteiger partial charge in [-0.3, -0.25) is 0 Å². The molecule has 2 rings (SSSR count). The lowest BCUT2D eigenvalue weighted by atomic mass is 10.2. The number of rotatable bonds is 4. The molecule has 0 atom stereocenters. The highest BCUT2D eigenvalue weighted by Gasteiger charge is 2.19. The smallest absolute Gasteiger partial charge is 0.243 e. The lowest BCUT2D eigenvalue weighted by Crippen LogP contribution is -2.24. The fourth-order valence-corrected chi connectivity index (χ4v) is 2.66. The van der Waals surface area contributed by atoms with Crippen molar-refractivity contribution in [3.63, 3.8) is 0 Å². The number of benzene rings is 2. The van der Waals surface area contributed by atoms with E-state index in [-0.39, 0.29) is 6.54 Å². The largest absolute Gasteiger partial charge is 0.399 e. The summed E-state index contributed by atoms with van der Waals surface area (Å²) in [6.07, 6.45) is 0. The van der Waals surface area contributed by atoms with Crippen molar-refractivity contribution in [1.29, 1.82) is 0 Å². The summed E-state index contributed by atoms with van der Waals surface area (Å²) in [5.74, 6) is -1.96. The fraction of sp³-hybridized carbons (Fsp3) is 0.0769. The lowest BCUT2D eigenvalue weighted by molar-refractivity contribution is 0.543. The first-order valence-electron chi connectivity index (χ1n) is 5.67. The molecule has 0 unspecified atom stereocenters. The number of sulfonamides is 1. The van der Waals surface area contributed by atoms with Gasteiger partial charge in [0.2, 0.25) is 10.0 Å². The molecule has 2 aromatic rings. The Morgan fingerprint density at radius 3 is 2.30 bits per heavy atom. The van der Waals surface area contributed by atoms with Crippen LogP contribution >= 0.6 is 0 Å². The third-order valence-electron chi connectivity index (χ3n) is 2.63. The number of nitrogens with two attached hydrogens (primary N) is 1. The minimum Gasteiger partial charge on any atom is -0.399 e. The summed E-state index contributed by atoms with van der Waals surface area (Å²) in [4.78, 5) is -0.589. The lowest BCUT2D eigenvalue weighted by Gasteiger charge is -2.08. The van der Waals surface area contributed by atoms with Crippen molar-refractivity contribution in [1.82, 2.24) is 4.72 Å². The maximum Gasteiger partial charge on any atom is 0.243 e.